The Hall–Kier alpha value is -2.74. The Morgan fingerprint density at radius 3 is 2.89 bits per heavy atom. The summed E-state index contributed by atoms with van der Waals surface area (Å²) in [6.07, 6.45) is 8.72. The molecule has 0 unspecified atom stereocenters. The molecule has 0 saturated carbocycles. The maximum absolute atomic E-state index is 14.3. The van der Waals surface area contributed by atoms with Crippen molar-refractivity contribution in [2.24, 2.45) is 4.99 Å². The molecule has 2 heterocycles. The van der Waals surface area contributed by atoms with Gasteiger partial charge in [0, 0.05) is 50.0 Å². The van der Waals surface area contributed by atoms with Gasteiger partial charge in [0.05, 0.1) is 17.0 Å². The molecule has 3 aromatic rings. The Labute approximate surface area is 162 Å². The van der Waals surface area contributed by atoms with Crippen LogP contribution in [-0.2, 0) is 19.4 Å². The Bertz CT molecular complexity index is 888. The smallest absolute Gasteiger partial charge is 0.191 e. The zero-order valence-corrected chi connectivity index (χ0v) is 16.3. The van der Waals surface area contributed by atoms with Crippen molar-refractivity contribution < 1.29 is 4.39 Å². The van der Waals surface area contributed by atoms with E-state index >= 15 is 0 Å². The van der Waals surface area contributed by atoms with E-state index in [1.54, 1.807) is 47.7 Å². The lowest BCUT2D eigenvalue weighted by Crippen LogP contribution is -2.37. The van der Waals surface area contributed by atoms with E-state index in [2.05, 4.69) is 32.5 Å². The van der Waals surface area contributed by atoms with Gasteiger partial charge in [-0.1, -0.05) is 13.0 Å². The molecular formula is C19H23FN6S. The number of thiazole rings is 1. The Kier molecular flexibility index (Phi) is 6.54. The minimum atomic E-state index is -0.286. The first kappa shape index (κ1) is 19.0. The van der Waals surface area contributed by atoms with Crippen LogP contribution in [0.4, 0.5) is 4.39 Å². The molecule has 3 rings (SSSR count). The second-order valence-electron chi connectivity index (χ2n) is 5.93. The van der Waals surface area contributed by atoms with Gasteiger partial charge in [0.25, 0.3) is 0 Å². The number of nitrogens with one attached hydrogen (secondary N) is 2. The number of hydrogen-bond donors (Lipinski definition) is 2. The zero-order valence-electron chi connectivity index (χ0n) is 15.4. The fourth-order valence-electron chi connectivity index (χ4n) is 2.59. The molecular weight excluding hydrogens is 363 g/mol. The monoisotopic (exact) mass is 386 g/mol. The highest BCUT2D eigenvalue weighted by Gasteiger charge is 2.06. The molecule has 1 aromatic carbocycles. The predicted octanol–water partition coefficient (Wildman–Crippen LogP) is 2.94. The first-order valence-corrected chi connectivity index (χ1v) is 9.66. The van der Waals surface area contributed by atoms with Gasteiger partial charge in [-0.25, -0.2) is 14.4 Å². The lowest BCUT2D eigenvalue weighted by atomic mass is 10.2. The van der Waals surface area contributed by atoms with Gasteiger partial charge in [0.15, 0.2) is 5.96 Å². The van der Waals surface area contributed by atoms with Crippen molar-refractivity contribution >= 4 is 17.3 Å². The molecule has 2 N–H and O–H groups in total. The van der Waals surface area contributed by atoms with Crippen LogP contribution in [0.2, 0.25) is 0 Å². The number of guanidine groups is 1. The number of aromatic nitrogens is 3. The van der Waals surface area contributed by atoms with E-state index < -0.39 is 0 Å². The lowest BCUT2D eigenvalue weighted by Gasteiger charge is -2.12. The number of rotatable bonds is 7. The first-order chi connectivity index (χ1) is 13.2. The van der Waals surface area contributed by atoms with E-state index in [0.29, 0.717) is 18.2 Å². The summed E-state index contributed by atoms with van der Waals surface area (Å²) >= 11 is 1.74. The summed E-state index contributed by atoms with van der Waals surface area (Å²) in [5, 5.41) is 7.59. The van der Waals surface area contributed by atoms with Crippen LogP contribution in [0, 0.1) is 5.82 Å². The van der Waals surface area contributed by atoms with Crippen molar-refractivity contribution in [3.8, 4) is 5.69 Å². The molecule has 0 spiro atoms. The summed E-state index contributed by atoms with van der Waals surface area (Å²) in [5.41, 5.74) is 1.32. The highest BCUT2D eigenvalue weighted by atomic mass is 32.1. The van der Waals surface area contributed by atoms with Gasteiger partial charge in [-0.2, -0.15) is 0 Å². The van der Waals surface area contributed by atoms with E-state index in [1.165, 1.54) is 10.9 Å². The molecule has 2 aromatic heterocycles. The fraction of sp³-hybridized carbons (Fsp3) is 0.316. The van der Waals surface area contributed by atoms with Crippen LogP contribution in [0.1, 0.15) is 22.4 Å². The van der Waals surface area contributed by atoms with Crippen LogP contribution in [-0.4, -0.2) is 34.1 Å². The molecule has 0 aliphatic rings. The lowest BCUT2D eigenvalue weighted by molar-refractivity contribution is 0.615. The van der Waals surface area contributed by atoms with Crippen molar-refractivity contribution in [3.05, 3.63) is 64.4 Å². The minimum Gasteiger partial charge on any atom is -0.356 e. The summed E-state index contributed by atoms with van der Waals surface area (Å²) in [6, 6.07) is 5.16. The minimum absolute atomic E-state index is 0.286. The molecule has 0 fully saturated rings. The van der Waals surface area contributed by atoms with E-state index in [9.17, 15) is 4.39 Å². The summed E-state index contributed by atoms with van der Waals surface area (Å²) in [4.78, 5) is 13.9. The summed E-state index contributed by atoms with van der Waals surface area (Å²) in [5.74, 6) is 0.395. The highest BCUT2D eigenvalue weighted by Crippen LogP contribution is 2.15. The fourth-order valence-corrected chi connectivity index (χ4v) is 3.45. The third-order valence-electron chi connectivity index (χ3n) is 4.06. The second-order valence-corrected chi connectivity index (χ2v) is 7.13. The number of halogens is 1. The van der Waals surface area contributed by atoms with Crippen LogP contribution < -0.4 is 10.6 Å². The van der Waals surface area contributed by atoms with Crippen molar-refractivity contribution in [2.75, 3.05) is 13.6 Å². The standard InChI is InChI=1S/C19H23FN6S/c1-3-15-12-24-18(27-15)6-7-23-19(21-2)25-11-14-4-5-17(16(20)10-14)26-9-8-22-13-26/h4-5,8-10,12-13H,3,6-7,11H2,1-2H3,(H2,21,23,25). The largest absolute Gasteiger partial charge is 0.356 e. The Morgan fingerprint density at radius 2 is 2.22 bits per heavy atom. The number of benzene rings is 1. The van der Waals surface area contributed by atoms with Crippen molar-refractivity contribution in [1.82, 2.24) is 25.2 Å². The van der Waals surface area contributed by atoms with Gasteiger partial charge in [-0.15, -0.1) is 11.3 Å². The SMILES string of the molecule is CCc1cnc(CCNC(=NC)NCc2ccc(-n3ccnc3)c(F)c2)s1. The number of aliphatic imine (C=N–C) groups is 1. The van der Waals surface area contributed by atoms with E-state index in [0.717, 1.165) is 30.0 Å². The zero-order chi connectivity index (χ0) is 19.1. The molecule has 0 aliphatic heterocycles. The van der Waals surface area contributed by atoms with Crippen LogP contribution >= 0.6 is 11.3 Å². The van der Waals surface area contributed by atoms with E-state index in [1.807, 2.05) is 12.3 Å². The van der Waals surface area contributed by atoms with Crippen LogP contribution in [0.5, 0.6) is 0 Å². The molecule has 8 heteroatoms. The average Bonchev–Trinajstić information content (AvgIpc) is 3.36. The highest BCUT2D eigenvalue weighted by molar-refractivity contribution is 7.11. The number of nitrogens with zero attached hydrogens (tertiary/aromatic N) is 4. The molecule has 0 radical (unpaired) electrons. The normalized spacial score (nSPS) is 11.6. The van der Waals surface area contributed by atoms with Crippen LogP contribution in [0.15, 0.2) is 48.1 Å². The van der Waals surface area contributed by atoms with E-state index in [-0.39, 0.29) is 5.82 Å². The van der Waals surface area contributed by atoms with Gasteiger partial charge in [-0.3, -0.25) is 4.99 Å². The van der Waals surface area contributed by atoms with Gasteiger partial charge >= 0.3 is 0 Å². The maximum Gasteiger partial charge on any atom is 0.191 e. The van der Waals surface area contributed by atoms with Crippen molar-refractivity contribution in [1.29, 1.82) is 0 Å². The van der Waals surface area contributed by atoms with Gasteiger partial charge < -0.3 is 15.2 Å². The molecule has 0 amide bonds. The maximum atomic E-state index is 14.3. The Balaban J connectivity index is 1.49. The quantitative estimate of drug-likeness (QED) is 0.484. The molecule has 0 bridgehead atoms. The summed E-state index contributed by atoms with van der Waals surface area (Å²) in [6.45, 7) is 3.36. The number of aryl methyl sites for hydroxylation is 1. The third-order valence-corrected chi connectivity index (χ3v) is 5.26. The molecule has 142 valence electrons. The summed E-state index contributed by atoms with van der Waals surface area (Å²) in [7, 11) is 1.72. The van der Waals surface area contributed by atoms with E-state index in [4.69, 9.17) is 0 Å². The van der Waals surface area contributed by atoms with Crippen LogP contribution in [0.25, 0.3) is 5.69 Å². The number of hydrogen-bond acceptors (Lipinski definition) is 4. The van der Waals surface area contributed by atoms with Gasteiger partial charge in [0.1, 0.15) is 5.82 Å². The summed E-state index contributed by atoms with van der Waals surface area (Å²) < 4.78 is 16.0. The molecule has 27 heavy (non-hydrogen) atoms. The molecule has 6 nitrogen and oxygen atoms in total. The molecule has 0 aliphatic carbocycles. The first-order valence-electron chi connectivity index (χ1n) is 8.84. The average molecular weight is 387 g/mol. The van der Waals surface area contributed by atoms with Crippen molar-refractivity contribution in [2.45, 2.75) is 26.3 Å². The topological polar surface area (TPSA) is 67.1 Å². The third kappa shape index (κ3) is 5.13. The second kappa shape index (κ2) is 9.27. The Morgan fingerprint density at radius 1 is 1.33 bits per heavy atom. The van der Waals surface area contributed by atoms with Gasteiger partial charge in [-0.05, 0) is 24.1 Å². The van der Waals surface area contributed by atoms with Gasteiger partial charge in [0.2, 0.25) is 0 Å². The molecule has 0 saturated heterocycles. The molecule has 0 atom stereocenters. The predicted molar refractivity (Wildman–Crippen MR) is 107 cm³/mol. The number of imidazole rings is 1. The van der Waals surface area contributed by atoms with Crippen LogP contribution in [0.3, 0.4) is 0 Å². The van der Waals surface area contributed by atoms with Crippen molar-refractivity contribution in [3.63, 3.8) is 0 Å².